The molecule has 0 atom stereocenters. The van der Waals surface area contributed by atoms with Crippen molar-refractivity contribution in [2.24, 2.45) is 0 Å². The SMILES string of the molecule is CC1(C)c2cc(-c3ccc4sc5cc(-c6nc(-c7ccccc7)nc(-c7ccccc7)n6)ccc5c4c3)ccc2-c2ccc(-c3nc(-c4ccccc4)cc(-c4ccccc4)n3)cc21. The Morgan fingerprint density at radius 3 is 1.30 bits per heavy atom. The van der Waals surface area contributed by atoms with Crippen LogP contribution in [-0.4, -0.2) is 24.9 Å². The van der Waals surface area contributed by atoms with E-state index < -0.39 is 0 Å². The van der Waals surface area contributed by atoms with Crippen molar-refractivity contribution in [2.75, 3.05) is 0 Å². The standard InChI is InChI=1S/C58H39N5S/c1-58(2)48-32-41(23-27-44(48)45-28-24-42(33-49(45)58)56-59-50(36-15-7-3-8-16-36)35-51(60-56)37-17-9-4-10-18-37)40-26-30-52-47(31-40)46-29-25-43(34-53(46)64-52)57-62-54(38-19-11-5-12-20-38)61-55(63-57)39-21-13-6-14-22-39/h3-35H,1-2H3. The second-order valence-corrected chi connectivity index (χ2v) is 18.0. The molecular formula is C58H39N5S. The molecule has 0 saturated carbocycles. The van der Waals surface area contributed by atoms with Crippen molar-refractivity contribution in [3.05, 3.63) is 211 Å². The topological polar surface area (TPSA) is 64.5 Å². The summed E-state index contributed by atoms with van der Waals surface area (Å²) in [4.78, 5) is 25.2. The molecule has 6 heteroatoms. The predicted molar refractivity (Wildman–Crippen MR) is 264 cm³/mol. The van der Waals surface area contributed by atoms with E-state index in [1.165, 1.54) is 53.6 Å². The Morgan fingerprint density at radius 1 is 0.312 bits per heavy atom. The molecule has 3 heterocycles. The summed E-state index contributed by atoms with van der Waals surface area (Å²) in [6.07, 6.45) is 0. The summed E-state index contributed by atoms with van der Waals surface area (Å²) >= 11 is 1.80. The molecule has 1 aliphatic carbocycles. The molecule has 8 aromatic carbocycles. The molecule has 64 heavy (non-hydrogen) atoms. The zero-order valence-corrected chi connectivity index (χ0v) is 36.0. The van der Waals surface area contributed by atoms with Crippen LogP contribution in [0, 0.1) is 0 Å². The van der Waals surface area contributed by atoms with Crippen molar-refractivity contribution in [1.82, 2.24) is 24.9 Å². The molecule has 0 saturated heterocycles. The lowest BCUT2D eigenvalue weighted by Gasteiger charge is -2.22. The van der Waals surface area contributed by atoms with Gasteiger partial charge in [0.15, 0.2) is 23.3 Å². The highest BCUT2D eigenvalue weighted by molar-refractivity contribution is 7.25. The Bertz CT molecular complexity index is 3450. The predicted octanol–water partition coefficient (Wildman–Crippen LogP) is 15.0. The van der Waals surface area contributed by atoms with E-state index in [1.807, 2.05) is 72.8 Å². The van der Waals surface area contributed by atoms with Crippen LogP contribution in [0.5, 0.6) is 0 Å². The van der Waals surface area contributed by atoms with Gasteiger partial charge in [-0.2, -0.15) is 0 Å². The van der Waals surface area contributed by atoms with E-state index in [0.29, 0.717) is 17.5 Å². The Morgan fingerprint density at radius 2 is 0.734 bits per heavy atom. The minimum atomic E-state index is -0.235. The zero-order valence-electron chi connectivity index (χ0n) is 35.2. The van der Waals surface area contributed by atoms with Crippen molar-refractivity contribution >= 4 is 31.5 Å². The summed E-state index contributed by atoms with van der Waals surface area (Å²) in [7, 11) is 0. The molecule has 11 aromatic rings. The average Bonchev–Trinajstić information content (AvgIpc) is 3.84. The van der Waals surface area contributed by atoms with Crippen molar-refractivity contribution in [1.29, 1.82) is 0 Å². The van der Waals surface area contributed by atoms with E-state index in [-0.39, 0.29) is 5.41 Å². The van der Waals surface area contributed by atoms with Crippen LogP contribution in [0.25, 0.3) is 110 Å². The first kappa shape index (κ1) is 37.8. The normalized spacial score (nSPS) is 12.7. The molecule has 0 aliphatic heterocycles. The van der Waals surface area contributed by atoms with E-state index >= 15 is 0 Å². The van der Waals surface area contributed by atoms with Gasteiger partial charge in [-0.25, -0.2) is 24.9 Å². The summed E-state index contributed by atoms with van der Waals surface area (Å²) < 4.78 is 2.44. The summed E-state index contributed by atoms with van der Waals surface area (Å²) in [6.45, 7) is 4.68. The van der Waals surface area contributed by atoms with Crippen molar-refractivity contribution in [3.8, 4) is 90.3 Å². The summed E-state index contributed by atoms with van der Waals surface area (Å²) in [5.74, 6) is 2.70. The molecule has 0 radical (unpaired) electrons. The van der Waals surface area contributed by atoms with Gasteiger partial charge >= 0.3 is 0 Å². The van der Waals surface area contributed by atoms with Gasteiger partial charge in [-0.3, -0.25) is 0 Å². The first-order valence-corrected chi connectivity index (χ1v) is 22.4. The third kappa shape index (κ3) is 6.59. The lowest BCUT2D eigenvalue weighted by molar-refractivity contribution is 0.661. The second-order valence-electron chi connectivity index (χ2n) is 16.9. The van der Waals surface area contributed by atoms with E-state index in [4.69, 9.17) is 24.9 Å². The maximum atomic E-state index is 5.15. The molecule has 12 rings (SSSR count). The van der Waals surface area contributed by atoms with Gasteiger partial charge in [-0.15, -0.1) is 11.3 Å². The first-order chi connectivity index (χ1) is 31.4. The number of fused-ring (bicyclic) bond motifs is 6. The minimum absolute atomic E-state index is 0.235. The number of thiophene rings is 1. The van der Waals surface area contributed by atoms with Gasteiger partial charge in [-0.05, 0) is 69.8 Å². The van der Waals surface area contributed by atoms with Crippen LogP contribution >= 0.6 is 11.3 Å². The van der Waals surface area contributed by atoms with Crippen molar-refractivity contribution in [3.63, 3.8) is 0 Å². The zero-order chi connectivity index (χ0) is 42.8. The molecule has 0 unspecified atom stereocenters. The van der Waals surface area contributed by atoms with Gasteiger partial charge < -0.3 is 0 Å². The molecule has 5 nitrogen and oxygen atoms in total. The quantitative estimate of drug-likeness (QED) is 0.160. The fourth-order valence-corrected chi connectivity index (χ4v) is 10.3. The maximum Gasteiger partial charge on any atom is 0.164 e. The first-order valence-electron chi connectivity index (χ1n) is 21.6. The van der Waals surface area contributed by atoms with Gasteiger partial charge in [-0.1, -0.05) is 178 Å². The second kappa shape index (κ2) is 15.2. The molecule has 1 aliphatic rings. The minimum Gasteiger partial charge on any atom is -0.228 e. The maximum absolute atomic E-state index is 5.15. The van der Waals surface area contributed by atoms with Crippen molar-refractivity contribution < 1.29 is 0 Å². The molecule has 0 spiro atoms. The molecule has 0 fully saturated rings. The molecule has 0 amide bonds. The Kier molecular flexibility index (Phi) is 8.95. The summed E-state index contributed by atoms with van der Waals surface area (Å²) in [5.41, 5.74) is 15.2. The highest BCUT2D eigenvalue weighted by Crippen LogP contribution is 2.51. The van der Waals surface area contributed by atoms with E-state index in [9.17, 15) is 0 Å². The monoisotopic (exact) mass is 837 g/mol. The lowest BCUT2D eigenvalue weighted by atomic mass is 9.81. The smallest absolute Gasteiger partial charge is 0.164 e. The van der Waals surface area contributed by atoms with Crippen LogP contribution in [0.3, 0.4) is 0 Å². The van der Waals surface area contributed by atoms with Crippen LogP contribution in [0.2, 0.25) is 0 Å². The average molecular weight is 838 g/mol. The Hall–Kier alpha value is -7.93. The number of hydrogen-bond donors (Lipinski definition) is 0. The number of aromatic nitrogens is 5. The van der Waals surface area contributed by atoms with Gasteiger partial charge in [0.05, 0.1) is 11.4 Å². The van der Waals surface area contributed by atoms with Crippen molar-refractivity contribution in [2.45, 2.75) is 19.3 Å². The van der Waals surface area contributed by atoms with Crippen LogP contribution in [0.1, 0.15) is 25.0 Å². The van der Waals surface area contributed by atoms with E-state index in [1.54, 1.807) is 11.3 Å². The van der Waals surface area contributed by atoms with Crippen LogP contribution in [0.4, 0.5) is 0 Å². The number of rotatable bonds is 7. The van der Waals surface area contributed by atoms with Crippen LogP contribution < -0.4 is 0 Å². The third-order valence-electron chi connectivity index (χ3n) is 12.6. The van der Waals surface area contributed by atoms with Gasteiger partial charge in [0, 0.05) is 59.0 Å². The summed E-state index contributed by atoms with van der Waals surface area (Å²) in [5, 5.41) is 2.47. The van der Waals surface area contributed by atoms with Gasteiger partial charge in [0.2, 0.25) is 0 Å². The largest absolute Gasteiger partial charge is 0.228 e. The van der Waals surface area contributed by atoms with E-state index in [0.717, 1.165) is 50.6 Å². The van der Waals surface area contributed by atoms with E-state index in [2.05, 4.69) is 141 Å². The highest BCUT2D eigenvalue weighted by Gasteiger charge is 2.36. The molecule has 3 aromatic heterocycles. The fourth-order valence-electron chi connectivity index (χ4n) is 9.18. The van der Waals surface area contributed by atoms with Gasteiger partial charge in [0.25, 0.3) is 0 Å². The number of benzene rings is 8. The molecular weight excluding hydrogens is 799 g/mol. The lowest BCUT2D eigenvalue weighted by Crippen LogP contribution is -2.15. The van der Waals surface area contributed by atoms with Crippen LogP contribution in [-0.2, 0) is 5.41 Å². The Labute approximate surface area is 375 Å². The molecule has 302 valence electrons. The third-order valence-corrected chi connectivity index (χ3v) is 13.7. The fraction of sp³-hybridized carbons (Fsp3) is 0.0517. The van der Waals surface area contributed by atoms with Crippen LogP contribution in [0.15, 0.2) is 200 Å². The highest BCUT2D eigenvalue weighted by atomic mass is 32.1. The molecule has 0 N–H and O–H groups in total. The van der Waals surface area contributed by atoms with Gasteiger partial charge in [0.1, 0.15) is 0 Å². The summed E-state index contributed by atoms with van der Waals surface area (Å²) in [6, 6.07) is 70.3. The molecule has 0 bridgehead atoms. The number of hydrogen-bond acceptors (Lipinski definition) is 6. The Balaban J connectivity index is 0.889. The number of nitrogens with zero attached hydrogens (tertiary/aromatic N) is 5.